The highest BCUT2D eigenvalue weighted by molar-refractivity contribution is 6.30. The molecule has 1 heterocycles. The molecule has 0 N–H and O–H groups in total. The molecule has 0 saturated carbocycles. The summed E-state index contributed by atoms with van der Waals surface area (Å²) in [7, 11) is 1.37. The highest BCUT2D eigenvalue weighted by atomic mass is 35.5. The molecular weight excluding hydrogens is 278 g/mol. The zero-order valence-corrected chi connectivity index (χ0v) is 12.2. The maximum Gasteiger partial charge on any atom is 0.307 e. The van der Waals surface area contributed by atoms with E-state index in [9.17, 15) is 9.59 Å². The van der Waals surface area contributed by atoms with Crippen LogP contribution in [0.5, 0.6) is 0 Å². The Kier molecular flexibility index (Phi) is 5.01. The lowest BCUT2D eigenvalue weighted by Crippen LogP contribution is -2.44. The van der Waals surface area contributed by atoms with Crippen LogP contribution in [-0.4, -0.2) is 36.5 Å². The number of methoxy groups -OCH3 is 1. The van der Waals surface area contributed by atoms with Gasteiger partial charge in [-0.05, 0) is 43.5 Å². The minimum absolute atomic E-state index is 0.0460. The molecule has 0 spiro atoms. The van der Waals surface area contributed by atoms with E-state index in [1.165, 1.54) is 7.11 Å². The van der Waals surface area contributed by atoms with Crippen LogP contribution in [0.1, 0.15) is 36.0 Å². The van der Waals surface area contributed by atoms with Crippen molar-refractivity contribution in [3.8, 4) is 0 Å². The van der Waals surface area contributed by atoms with E-state index in [1.807, 2.05) is 0 Å². The normalized spacial score (nSPS) is 18.7. The Hall–Kier alpha value is -1.55. The molecule has 1 unspecified atom stereocenters. The highest BCUT2D eigenvalue weighted by Gasteiger charge is 2.29. The summed E-state index contributed by atoms with van der Waals surface area (Å²) < 4.78 is 4.71. The third kappa shape index (κ3) is 3.51. The van der Waals surface area contributed by atoms with Crippen LogP contribution in [0, 0.1) is 0 Å². The van der Waals surface area contributed by atoms with Crippen molar-refractivity contribution in [2.24, 2.45) is 0 Å². The van der Waals surface area contributed by atoms with Gasteiger partial charge in [-0.3, -0.25) is 9.59 Å². The number of carbonyl (C=O) groups is 2. The predicted molar refractivity (Wildman–Crippen MR) is 76.8 cm³/mol. The molecule has 1 aliphatic heterocycles. The van der Waals surface area contributed by atoms with Crippen LogP contribution in [0.3, 0.4) is 0 Å². The van der Waals surface area contributed by atoms with Gasteiger partial charge >= 0.3 is 5.97 Å². The summed E-state index contributed by atoms with van der Waals surface area (Å²) in [5.41, 5.74) is 0.603. The van der Waals surface area contributed by atoms with E-state index in [0.29, 0.717) is 17.1 Å². The number of esters is 1. The van der Waals surface area contributed by atoms with Gasteiger partial charge in [-0.2, -0.15) is 0 Å². The average Bonchev–Trinajstić information content (AvgIpc) is 2.48. The smallest absolute Gasteiger partial charge is 0.307 e. The lowest BCUT2D eigenvalue weighted by molar-refractivity contribution is -0.142. The van der Waals surface area contributed by atoms with Crippen LogP contribution in [0.4, 0.5) is 0 Å². The fourth-order valence-corrected chi connectivity index (χ4v) is 2.64. The van der Waals surface area contributed by atoms with Crippen LogP contribution in [0.25, 0.3) is 0 Å². The quantitative estimate of drug-likeness (QED) is 0.806. The van der Waals surface area contributed by atoms with Crippen molar-refractivity contribution in [1.29, 1.82) is 0 Å². The van der Waals surface area contributed by atoms with Crippen LogP contribution >= 0.6 is 11.6 Å². The number of halogens is 1. The van der Waals surface area contributed by atoms with Crippen LogP contribution in [0.2, 0.25) is 5.02 Å². The van der Waals surface area contributed by atoms with E-state index in [4.69, 9.17) is 16.3 Å². The number of rotatable bonds is 3. The molecule has 108 valence electrons. The monoisotopic (exact) mass is 295 g/mol. The van der Waals surface area contributed by atoms with Gasteiger partial charge in [0, 0.05) is 23.2 Å². The summed E-state index contributed by atoms with van der Waals surface area (Å²) in [5.74, 6) is -0.318. The van der Waals surface area contributed by atoms with Crippen molar-refractivity contribution in [2.45, 2.75) is 31.7 Å². The van der Waals surface area contributed by atoms with E-state index in [1.54, 1.807) is 29.2 Å². The fraction of sp³-hybridized carbons (Fsp3) is 0.467. The zero-order valence-electron chi connectivity index (χ0n) is 11.5. The van der Waals surface area contributed by atoms with Gasteiger partial charge in [0.1, 0.15) is 0 Å². The van der Waals surface area contributed by atoms with E-state index >= 15 is 0 Å². The number of carbonyl (C=O) groups excluding carboxylic acids is 2. The van der Waals surface area contributed by atoms with Gasteiger partial charge in [-0.25, -0.2) is 0 Å². The largest absolute Gasteiger partial charge is 0.469 e. The lowest BCUT2D eigenvalue weighted by atomic mass is 9.98. The minimum atomic E-state index is -0.272. The molecule has 1 aromatic rings. The number of likely N-dealkylation sites (tertiary alicyclic amines) is 1. The van der Waals surface area contributed by atoms with Crippen LogP contribution < -0.4 is 0 Å². The summed E-state index contributed by atoms with van der Waals surface area (Å²) >= 11 is 5.83. The number of benzene rings is 1. The molecule has 0 aromatic heterocycles. The summed E-state index contributed by atoms with van der Waals surface area (Å²) in [6, 6.07) is 6.77. The van der Waals surface area contributed by atoms with Crippen LogP contribution in [0.15, 0.2) is 24.3 Å². The fourth-order valence-electron chi connectivity index (χ4n) is 2.51. The Morgan fingerprint density at radius 1 is 1.30 bits per heavy atom. The number of nitrogens with zero attached hydrogens (tertiary/aromatic N) is 1. The number of hydrogen-bond donors (Lipinski definition) is 0. The topological polar surface area (TPSA) is 46.6 Å². The Balaban J connectivity index is 2.12. The second-order valence-corrected chi connectivity index (χ2v) is 5.37. The molecule has 0 aliphatic carbocycles. The Morgan fingerprint density at radius 2 is 2.00 bits per heavy atom. The maximum atomic E-state index is 12.5. The van der Waals surface area contributed by atoms with Gasteiger partial charge < -0.3 is 9.64 Å². The summed E-state index contributed by atoms with van der Waals surface area (Å²) in [4.78, 5) is 25.8. The van der Waals surface area contributed by atoms with Crippen molar-refractivity contribution in [1.82, 2.24) is 4.90 Å². The molecule has 1 amide bonds. The first-order valence-electron chi connectivity index (χ1n) is 6.75. The second-order valence-electron chi connectivity index (χ2n) is 4.94. The van der Waals surface area contributed by atoms with E-state index in [0.717, 1.165) is 19.3 Å². The van der Waals surface area contributed by atoms with E-state index in [2.05, 4.69) is 0 Å². The number of amides is 1. The highest BCUT2D eigenvalue weighted by Crippen LogP contribution is 2.23. The Labute approximate surface area is 123 Å². The van der Waals surface area contributed by atoms with Crippen LogP contribution in [-0.2, 0) is 9.53 Å². The molecule has 5 heteroatoms. The summed E-state index contributed by atoms with van der Waals surface area (Å²) in [6.45, 7) is 0.684. The number of piperidine rings is 1. The van der Waals surface area contributed by atoms with Gasteiger partial charge in [0.05, 0.1) is 13.5 Å². The maximum absolute atomic E-state index is 12.5. The minimum Gasteiger partial charge on any atom is -0.469 e. The Bertz CT molecular complexity index is 486. The molecule has 0 radical (unpaired) electrons. The van der Waals surface area contributed by atoms with Gasteiger partial charge in [0.25, 0.3) is 5.91 Å². The standard InChI is InChI=1S/C15H18ClNO3/c1-20-14(18)10-13-4-2-3-9-17(13)15(19)11-5-7-12(16)8-6-11/h5-8,13H,2-4,9-10H2,1H3. The zero-order chi connectivity index (χ0) is 14.5. The molecule has 1 atom stereocenters. The number of hydrogen-bond acceptors (Lipinski definition) is 3. The predicted octanol–water partition coefficient (Wildman–Crippen LogP) is 2.90. The third-order valence-electron chi connectivity index (χ3n) is 3.61. The molecule has 4 nitrogen and oxygen atoms in total. The molecule has 0 bridgehead atoms. The SMILES string of the molecule is COC(=O)CC1CCCCN1C(=O)c1ccc(Cl)cc1. The Morgan fingerprint density at radius 3 is 2.65 bits per heavy atom. The molecule has 2 rings (SSSR count). The third-order valence-corrected chi connectivity index (χ3v) is 3.86. The first-order chi connectivity index (χ1) is 9.61. The van der Waals surface area contributed by atoms with Crippen molar-refractivity contribution in [2.75, 3.05) is 13.7 Å². The molecule has 1 saturated heterocycles. The molecule has 1 fully saturated rings. The van der Waals surface area contributed by atoms with Gasteiger partial charge in [-0.1, -0.05) is 11.6 Å². The van der Waals surface area contributed by atoms with Gasteiger partial charge in [0.2, 0.25) is 0 Å². The van der Waals surface area contributed by atoms with Crippen molar-refractivity contribution in [3.05, 3.63) is 34.9 Å². The van der Waals surface area contributed by atoms with E-state index < -0.39 is 0 Å². The number of ether oxygens (including phenoxy) is 1. The lowest BCUT2D eigenvalue weighted by Gasteiger charge is -2.35. The molecular formula is C15H18ClNO3. The first-order valence-corrected chi connectivity index (χ1v) is 7.13. The molecule has 20 heavy (non-hydrogen) atoms. The van der Waals surface area contributed by atoms with Crippen molar-refractivity contribution in [3.63, 3.8) is 0 Å². The first kappa shape index (κ1) is 14.9. The second kappa shape index (κ2) is 6.75. The van der Waals surface area contributed by atoms with Gasteiger partial charge in [0.15, 0.2) is 0 Å². The van der Waals surface area contributed by atoms with Crippen molar-refractivity contribution < 1.29 is 14.3 Å². The molecule has 1 aliphatic rings. The average molecular weight is 296 g/mol. The summed E-state index contributed by atoms with van der Waals surface area (Å²) in [6.07, 6.45) is 3.10. The van der Waals surface area contributed by atoms with Crippen molar-refractivity contribution >= 4 is 23.5 Å². The van der Waals surface area contributed by atoms with Gasteiger partial charge in [-0.15, -0.1) is 0 Å². The molecule has 1 aromatic carbocycles. The summed E-state index contributed by atoms with van der Waals surface area (Å²) in [5, 5.41) is 0.603. The van der Waals surface area contributed by atoms with E-state index in [-0.39, 0.29) is 24.3 Å².